The van der Waals surface area contributed by atoms with Crippen molar-refractivity contribution in [1.29, 1.82) is 0 Å². The van der Waals surface area contributed by atoms with Gasteiger partial charge in [0, 0.05) is 5.54 Å². The normalized spacial score (nSPS) is 11.1. The summed E-state index contributed by atoms with van der Waals surface area (Å²) in [5.41, 5.74) is -0.402. The molecule has 1 amide bonds. The van der Waals surface area contributed by atoms with Crippen molar-refractivity contribution in [2.45, 2.75) is 26.3 Å². The number of rotatable bonds is 2. The van der Waals surface area contributed by atoms with Gasteiger partial charge in [-0.05, 0) is 32.9 Å². The molecule has 1 N–H and O–H groups in total. The van der Waals surface area contributed by atoms with E-state index in [4.69, 9.17) is 4.74 Å². The lowest BCUT2D eigenvalue weighted by atomic mass is 10.1. The maximum atomic E-state index is 13.7. The van der Waals surface area contributed by atoms with Gasteiger partial charge in [-0.3, -0.25) is 4.79 Å². The first-order valence-corrected chi connectivity index (χ1v) is 5.00. The molecule has 16 heavy (non-hydrogen) atoms. The lowest BCUT2D eigenvalue weighted by Gasteiger charge is -2.20. The Kier molecular flexibility index (Phi) is 3.52. The molecule has 0 bridgehead atoms. The van der Waals surface area contributed by atoms with E-state index in [9.17, 15) is 9.18 Å². The van der Waals surface area contributed by atoms with Gasteiger partial charge < -0.3 is 10.1 Å². The molecule has 1 rings (SSSR count). The van der Waals surface area contributed by atoms with Crippen LogP contribution in [0, 0.1) is 5.82 Å². The zero-order valence-corrected chi connectivity index (χ0v) is 9.93. The van der Waals surface area contributed by atoms with Crippen LogP contribution in [0.5, 0.6) is 5.75 Å². The van der Waals surface area contributed by atoms with Crippen LogP contribution in [0.2, 0.25) is 0 Å². The molecule has 0 aliphatic carbocycles. The fraction of sp³-hybridized carbons (Fsp3) is 0.417. The summed E-state index contributed by atoms with van der Waals surface area (Å²) in [5.74, 6) is -1.00. The van der Waals surface area contributed by atoms with Crippen LogP contribution in [0.1, 0.15) is 31.1 Å². The summed E-state index contributed by atoms with van der Waals surface area (Å²) in [6.07, 6.45) is 0. The van der Waals surface area contributed by atoms with Gasteiger partial charge in [0.1, 0.15) is 0 Å². The highest BCUT2D eigenvalue weighted by atomic mass is 19.1. The summed E-state index contributed by atoms with van der Waals surface area (Å²) in [7, 11) is 1.36. The highest BCUT2D eigenvalue weighted by Crippen LogP contribution is 2.20. The fourth-order valence-corrected chi connectivity index (χ4v) is 1.25. The molecule has 0 unspecified atom stereocenters. The molecule has 0 saturated carbocycles. The van der Waals surface area contributed by atoms with Crippen molar-refractivity contribution in [1.82, 2.24) is 5.32 Å². The van der Waals surface area contributed by atoms with E-state index in [2.05, 4.69) is 5.32 Å². The number of carbonyl (C=O) groups excluding carboxylic acids is 1. The third-order valence-corrected chi connectivity index (χ3v) is 1.92. The molecule has 1 aromatic rings. The average molecular weight is 225 g/mol. The van der Waals surface area contributed by atoms with E-state index in [1.807, 2.05) is 20.8 Å². The largest absolute Gasteiger partial charge is 0.494 e. The zero-order chi connectivity index (χ0) is 12.3. The van der Waals surface area contributed by atoms with Crippen molar-refractivity contribution in [2.75, 3.05) is 7.11 Å². The molecule has 0 aliphatic heterocycles. The van der Waals surface area contributed by atoms with E-state index < -0.39 is 17.3 Å². The Bertz CT molecular complexity index is 396. The summed E-state index contributed by atoms with van der Waals surface area (Å²) in [4.78, 5) is 11.7. The number of nitrogens with one attached hydrogen (secondary N) is 1. The predicted octanol–water partition coefficient (Wildman–Crippen LogP) is 2.36. The van der Waals surface area contributed by atoms with Gasteiger partial charge in [-0.15, -0.1) is 0 Å². The van der Waals surface area contributed by atoms with Crippen LogP contribution in [0.25, 0.3) is 0 Å². The number of hydrogen-bond acceptors (Lipinski definition) is 2. The Labute approximate surface area is 94.6 Å². The Morgan fingerprint density at radius 2 is 2.00 bits per heavy atom. The van der Waals surface area contributed by atoms with Crippen molar-refractivity contribution < 1.29 is 13.9 Å². The standard InChI is InChI=1S/C12H16FNO2/c1-12(2,3)14-11(15)8-6-5-7-9(16-4)10(8)13/h5-7H,1-4H3,(H,14,15). The van der Waals surface area contributed by atoms with Gasteiger partial charge in [-0.1, -0.05) is 6.07 Å². The summed E-state index contributed by atoms with van der Waals surface area (Å²) in [6, 6.07) is 4.49. The van der Waals surface area contributed by atoms with Gasteiger partial charge in [0.15, 0.2) is 11.6 Å². The molecule has 4 heteroatoms. The number of benzene rings is 1. The maximum absolute atomic E-state index is 13.7. The van der Waals surface area contributed by atoms with Crippen LogP contribution in [0.3, 0.4) is 0 Å². The highest BCUT2D eigenvalue weighted by molar-refractivity contribution is 5.95. The highest BCUT2D eigenvalue weighted by Gasteiger charge is 2.19. The summed E-state index contributed by atoms with van der Waals surface area (Å²) in [5, 5.41) is 2.69. The van der Waals surface area contributed by atoms with Crippen LogP contribution in [0.4, 0.5) is 4.39 Å². The molecule has 0 fully saturated rings. The van der Waals surface area contributed by atoms with Gasteiger partial charge in [0.05, 0.1) is 12.7 Å². The molecule has 0 aliphatic rings. The third kappa shape index (κ3) is 2.95. The monoisotopic (exact) mass is 225 g/mol. The molecule has 0 spiro atoms. The van der Waals surface area contributed by atoms with Gasteiger partial charge in [-0.2, -0.15) is 0 Å². The SMILES string of the molecule is COc1cccc(C(=O)NC(C)(C)C)c1F. The second kappa shape index (κ2) is 4.51. The van der Waals surface area contributed by atoms with Gasteiger partial charge in [0.2, 0.25) is 0 Å². The molecule has 0 atom stereocenters. The lowest BCUT2D eigenvalue weighted by molar-refractivity contribution is 0.0914. The Balaban J connectivity index is 3.01. The topological polar surface area (TPSA) is 38.3 Å². The third-order valence-electron chi connectivity index (χ3n) is 1.92. The molecule has 1 aromatic carbocycles. The van der Waals surface area contributed by atoms with Crippen molar-refractivity contribution in [3.8, 4) is 5.75 Å². The fourth-order valence-electron chi connectivity index (χ4n) is 1.25. The second-order valence-electron chi connectivity index (χ2n) is 4.53. The molecular weight excluding hydrogens is 209 g/mol. The first-order chi connectivity index (χ1) is 7.35. The minimum absolute atomic E-state index is 0.00530. The maximum Gasteiger partial charge on any atom is 0.254 e. The number of hydrogen-bond donors (Lipinski definition) is 1. The molecule has 0 radical (unpaired) electrons. The smallest absolute Gasteiger partial charge is 0.254 e. The van der Waals surface area contributed by atoms with Crippen LogP contribution in [-0.4, -0.2) is 18.6 Å². The van der Waals surface area contributed by atoms with Crippen LogP contribution in [0.15, 0.2) is 18.2 Å². The Morgan fingerprint density at radius 1 is 1.38 bits per heavy atom. The average Bonchev–Trinajstić information content (AvgIpc) is 2.15. The van der Waals surface area contributed by atoms with Gasteiger partial charge >= 0.3 is 0 Å². The second-order valence-corrected chi connectivity index (χ2v) is 4.53. The number of carbonyl (C=O) groups is 1. The van der Waals surface area contributed by atoms with E-state index >= 15 is 0 Å². The lowest BCUT2D eigenvalue weighted by Crippen LogP contribution is -2.40. The zero-order valence-electron chi connectivity index (χ0n) is 9.93. The van der Waals surface area contributed by atoms with E-state index in [-0.39, 0.29) is 11.3 Å². The van der Waals surface area contributed by atoms with Crippen molar-refractivity contribution >= 4 is 5.91 Å². The van der Waals surface area contributed by atoms with Crippen molar-refractivity contribution in [2.24, 2.45) is 0 Å². The van der Waals surface area contributed by atoms with Gasteiger partial charge in [-0.25, -0.2) is 4.39 Å². The molecule has 0 aromatic heterocycles. The summed E-state index contributed by atoms with van der Waals surface area (Å²) in [6.45, 7) is 5.51. The summed E-state index contributed by atoms with van der Waals surface area (Å²) < 4.78 is 18.5. The van der Waals surface area contributed by atoms with Crippen LogP contribution in [-0.2, 0) is 0 Å². The van der Waals surface area contributed by atoms with Crippen LogP contribution >= 0.6 is 0 Å². The minimum atomic E-state index is -0.633. The van der Waals surface area contributed by atoms with E-state index in [0.717, 1.165) is 0 Å². The number of ether oxygens (including phenoxy) is 1. The van der Waals surface area contributed by atoms with Crippen molar-refractivity contribution in [3.63, 3.8) is 0 Å². The van der Waals surface area contributed by atoms with Crippen LogP contribution < -0.4 is 10.1 Å². The Hall–Kier alpha value is -1.58. The molecule has 3 nitrogen and oxygen atoms in total. The summed E-state index contributed by atoms with van der Waals surface area (Å²) >= 11 is 0. The molecular formula is C12H16FNO2. The van der Waals surface area contributed by atoms with E-state index in [1.165, 1.54) is 19.2 Å². The first-order valence-electron chi connectivity index (χ1n) is 5.00. The molecule has 88 valence electrons. The van der Waals surface area contributed by atoms with Crippen molar-refractivity contribution in [3.05, 3.63) is 29.6 Å². The molecule has 0 saturated heterocycles. The Morgan fingerprint density at radius 3 is 2.50 bits per heavy atom. The minimum Gasteiger partial charge on any atom is -0.494 e. The quantitative estimate of drug-likeness (QED) is 0.839. The predicted molar refractivity (Wildman–Crippen MR) is 60.2 cm³/mol. The number of halogens is 1. The number of amides is 1. The van der Waals surface area contributed by atoms with Gasteiger partial charge in [0.25, 0.3) is 5.91 Å². The van der Waals surface area contributed by atoms with E-state index in [0.29, 0.717) is 0 Å². The van der Waals surface area contributed by atoms with E-state index in [1.54, 1.807) is 6.07 Å². The molecule has 0 heterocycles. The first kappa shape index (κ1) is 12.5. The number of methoxy groups -OCH3 is 1.